The van der Waals surface area contributed by atoms with E-state index in [9.17, 15) is 9.59 Å². The van der Waals surface area contributed by atoms with Gasteiger partial charge < -0.3 is 9.30 Å². The molecular weight excluding hydrogens is 266 g/mol. The molecule has 21 heavy (non-hydrogen) atoms. The van der Waals surface area contributed by atoms with Gasteiger partial charge in [0, 0.05) is 24.0 Å². The number of rotatable bonds is 2. The third-order valence-corrected chi connectivity index (χ3v) is 3.51. The van der Waals surface area contributed by atoms with Crippen LogP contribution < -0.4 is 5.56 Å². The Morgan fingerprint density at radius 3 is 2.52 bits per heavy atom. The maximum Gasteiger partial charge on any atom is 0.338 e. The highest BCUT2D eigenvalue weighted by Crippen LogP contribution is 2.30. The van der Waals surface area contributed by atoms with E-state index in [1.807, 2.05) is 6.20 Å². The molecule has 0 saturated heterocycles. The van der Waals surface area contributed by atoms with Crippen molar-refractivity contribution in [1.82, 2.24) is 4.57 Å². The van der Waals surface area contributed by atoms with Gasteiger partial charge in [-0.15, -0.1) is 0 Å². The topological polar surface area (TPSA) is 48.3 Å². The summed E-state index contributed by atoms with van der Waals surface area (Å²) in [6.07, 6.45) is 1.81. The van der Waals surface area contributed by atoms with E-state index in [1.54, 1.807) is 36.7 Å². The van der Waals surface area contributed by atoms with E-state index < -0.39 is 0 Å². The van der Waals surface area contributed by atoms with Crippen LogP contribution in [0, 0.1) is 0 Å². The Balaban J connectivity index is 2.93. The predicted octanol–water partition coefficient (Wildman–Crippen LogP) is 3.01. The monoisotopic (exact) mass is 287 g/mol. The van der Waals surface area contributed by atoms with Gasteiger partial charge in [-0.05, 0) is 30.0 Å². The minimum Gasteiger partial charge on any atom is -0.462 e. The lowest BCUT2D eigenvalue weighted by molar-refractivity contribution is 0.0528. The highest BCUT2D eigenvalue weighted by atomic mass is 16.5. The second kappa shape index (κ2) is 5.35. The predicted molar refractivity (Wildman–Crippen MR) is 83.8 cm³/mol. The second-order valence-corrected chi connectivity index (χ2v) is 6.16. The number of fused-ring (bicyclic) bond motifs is 1. The van der Waals surface area contributed by atoms with E-state index in [2.05, 4.69) is 20.8 Å². The minimum absolute atomic E-state index is 0.107. The molecule has 0 bridgehead atoms. The van der Waals surface area contributed by atoms with E-state index in [0.29, 0.717) is 22.9 Å². The first-order chi connectivity index (χ1) is 9.77. The molecule has 0 aliphatic carbocycles. The third-order valence-electron chi connectivity index (χ3n) is 3.51. The summed E-state index contributed by atoms with van der Waals surface area (Å²) in [6, 6.07) is 5.20. The molecule has 4 heteroatoms. The van der Waals surface area contributed by atoms with Crippen LogP contribution in [0.5, 0.6) is 0 Å². The lowest BCUT2D eigenvalue weighted by Gasteiger charge is -2.23. The first-order valence-corrected chi connectivity index (χ1v) is 7.07. The molecule has 0 spiro atoms. The Labute approximate surface area is 124 Å². The molecule has 112 valence electrons. The van der Waals surface area contributed by atoms with Crippen LogP contribution >= 0.6 is 0 Å². The number of nitrogens with zero attached hydrogens (tertiary/aromatic N) is 1. The summed E-state index contributed by atoms with van der Waals surface area (Å²) >= 11 is 0. The lowest BCUT2D eigenvalue weighted by atomic mass is 9.83. The van der Waals surface area contributed by atoms with Gasteiger partial charge in [0.1, 0.15) is 0 Å². The maximum atomic E-state index is 12.4. The first-order valence-electron chi connectivity index (χ1n) is 7.07. The molecule has 0 aliphatic heterocycles. The Morgan fingerprint density at radius 1 is 1.29 bits per heavy atom. The number of pyridine rings is 1. The fourth-order valence-corrected chi connectivity index (χ4v) is 2.48. The number of esters is 1. The van der Waals surface area contributed by atoms with E-state index in [0.717, 1.165) is 5.56 Å². The van der Waals surface area contributed by atoms with Gasteiger partial charge in [-0.1, -0.05) is 26.8 Å². The largest absolute Gasteiger partial charge is 0.462 e. The molecule has 0 saturated carbocycles. The van der Waals surface area contributed by atoms with E-state index in [1.165, 1.54) is 0 Å². The average Bonchev–Trinajstić information content (AvgIpc) is 2.41. The van der Waals surface area contributed by atoms with Crippen LogP contribution in [0.4, 0.5) is 0 Å². The number of carbonyl (C=O) groups excluding carboxylic acids is 1. The Morgan fingerprint density at radius 2 is 1.95 bits per heavy atom. The van der Waals surface area contributed by atoms with Gasteiger partial charge >= 0.3 is 5.97 Å². The van der Waals surface area contributed by atoms with Gasteiger partial charge in [0.2, 0.25) is 0 Å². The van der Waals surface area contributed by atoms with Crippen LogP contribution in [-0.4, -0.2) is 17.1 Å². The number of carbonyl (C=O) groups is 1. The lowest BCUT2D eigenvalue weighted by Crippen LogP contribution is -2.23. The standard InChI is InChI=1S/C17H21NO3/c1-6-21-16(20)12-9-7-8-11-14(12)13(17(2,3)4)10-18(5)15(11)19/h7-10H,6H2,1-5H3. The van der Waals surface area contributed by atoms with Crippen molar-refractivity contribution in [3.05, 3.63) is 45.9 Å². The highest BCUT2D eigenvalue weighted by Gasteiger charge is 2.23. The smallest absolute Gasteiger partial charge is 0.338 e. The summed E-state index contributed by atoms with van der Waals surface area (Å²) in [5.74, 6) is -0.387. The third kappa shape index (κ3) is 2.71. The summed E-state index contributed by atoms with van der Waals surface area (Å²) in [4.78, 5) is 24.6. The average molecular weight is 287 g/mol. The summed E-state index contributed by atoms with van der Waals surface area (Å²) < 4.78 is 6.69. The van der Waals surface area contributed by atoms with Crippen molar-refractivity contribution >= 4 is 16.7 Å². The van der Waals surface area contributed by atoms with E-state index in [-0.39, 0.29) is 16.9 Å². The van der Waals surface area contributed by atoms with E-state index >= 15 is 0 Å². The fourth-order valence-electron chi connectivity index (χ4n) is 2.48. The first kappa shape index (κ1) is 15.3. The quantitative estimate of drug-likeness (QED) is 0.798. The summed E-state index contributed by atoms with van der Waals surface area (Å²) in [7, 11) is 1.73. The van der Waals surface area contributed by atoms with Gasteiger partial charge in [-0.3, -0.25) is 4.79 Å². The van der Waals surface area contributed by atoms with Crippen molar-refractivity contribution in [3.8, 4) is 0 Å². The molecule has 0 fully saturated rings. The van der Waals surface area contributed by atoms with Gasteiger partial charge in [0.25, 0.3) is 5.56 Å². The summed E-state index contributed by atoms with van der Waals surface area (Å²) in [5, 5.41) is 1.25. The van der Waals surface area contributed by atoms with Crippen molar-refractivity contribution < 1.29 is 9.53 Å². The molecule has 0 N–H and O–H groups in total. The Kier molecular flexibility index (Phi) is 3.90. The SMILES string of the molecule is CCOC(=O)c1cccc2c(=O)n(C)cc(C(C)(C)C)c12. The van der Waals surface area contributed by atoms with Gasteiger partial charge in [-0.2, -0.15) is 0 Å². The van der Waals surface area contributed by atoms with Crippen LogP contribution in [-0.2, 0) is 17.2 Å². The number of hydrogen-bond acceptors (Lipinski definition) is 3. The van der Waals surface area contributed by atoms with Crippen LogP contribution in [0.15, 0.2) is 29.2 Å². The van der Waals surface area contributed by atoms with Crippen LogP contribution in [0.25, 0.3) is 10.8 Å². The molecule has 0 amide bonds. The van der Waals surface area contributed by atoms with Crippen molar-refractivity contribution in [3.63, 3.8) is 0 Å². The summed E-state index contributed by atoms with van der Waals surface area (Å²) in [6.45, 7) is 8.27. The van der Waals surface area contributed by atoms with E-state index in [4.69, 9.17) is 4.74 Å². The second-order valence-electron chi connectivity index (χ2n) is 6.16. The summed E-state index contributed by atoms with van der Waals surface area (Å²) in [5.41, 5.74) is 1.12. The molecule has 1 aromatic carbocycles. The molecule has 4 nitrogen and oxygen atoms in total. The number of aromatic nitrogens is 1. The molecule has 2 rings (SSSR count). The zero-order valence-corrected chi connectivity index (χ0v) is 13.2. The number of ether oxygens (including phenoxy) is 1. The van der Waals surface area contributed by atoms with Crippen molar-refractivity contribution in [1.29, 1.82) is 0 Å². The number of aryl methyl sites for hydroxylation is 1. The van der Waals surface area contributed by atoms with Crippen molar-refractivity contribution in [2.24, 2.45) is 7.05 Å². The molecule has 1 aromatic heterocycles. The van der Waals surface area contributed by atoms with Gasteiger partial charge in [0.05, 0.1) is 12.2 Å². The molecule has 0 atom stereocenters. The molecule has 0 radical (unpaired) electrons. The van der Waals surface area contributed by atoms with Gasteiger partial charge in [-0.25, -0.2) is 4.79 Å². The zero-order valence-electron chi connectivity index (χ0n) is 13.2. The number of benzene rings is 1. The van der Waals surface area contributed by atoms with Crippen LogP contribution in [0.2, 0.25) is 0 Å². The zero-order chi connectivity index (χ0) is 15.8. The molecular formula is C17H21NO3. The van der Waals surface area contributed by atoms with Crippen molar-refractivity contribution in [2.75, 3.05) is 6.61 Å². The Bertz CT molecular complexity index is 751. The molecule has 0 unspecified atom stereocenters. The Hall–Kier alpha value is -2.10. The minimum atomic E-state index is -0.387. The van der Waals surface area contributed by atoms with Crippen molar-refractivity contribution in [2.45, 2.75) is 33.1 Å². The molecule has 0 aliphatic rings. The molecule has 2 aromatic rings. The molecule has 1 heterocycles. The van der Waals surface area contributed by atoms with Gasteiger partial charge in [0.15, 0.2) is 0 Å². The fraction of sp³-hybridized carbons (Fsp3) is 0.412. The van der Waals surface area contributed by atoms with Crippen LogP contribution in [0.1, 0.15) is 43.6 Å². The normalized spacial score (nSPS) is 11.7. The van der Waals surface area contributed by atoms with Crippen LogP contribution in [0.3, 0.4) is 0 Å². The highest BCUT2D eigenvalue weighted by molar-refractivity contribution is 6.05. The maximum absolute atomic E-state index is 12.4. The number of hydrogen-bond donors (Lipinski definition) is 0.